The predicted molar refractivity (Wildman–Crippen MR) is 88.9 cm³/mol. The van der Waals surface area contributed by atoms with Crippen LogP contribution in [0.25, 0.3) is 0 Å². The van der Waals surface area contributed by atoms with Crippen molar-refractivity contribution in [1.29, 1.82) is 0 Å². The van der Waals surface area contributed by atoms with Crippen molar-refractivity contribution in [2.45, 2.75) is 32.6 Å². The summed E-state index contributed by atoms with van der Waals surface area (Å²) in [7, 11) is 0. The Kier molecular flexibility index (Phi) is 9.12. The van der Waals surface area contributed by atoms with Crippen LogP contribution in [0.2, 0.25) is 0 Å². The molecule has 0 radical (unpaired) electrons. The fourth-order valence-corrected chi connectivity index (χ4v) is 2.01. The minimum atomic E-state index is -0.100. The van der Waals surface area contributed by atoms with Crippen LogP contribution in [0.5, 0.6) is 0 Å². The van der Waals surface area contributed by atoms with Gasteiger partial charge in [0.05, 0.1) is 0 Å². The summed E-state index contributed by atoms with van der Waals surface area (Å²) in [5.74, 6) is -0.179. The van der Waals surface area contributed by atoms with E-state index in [4.69, 9.17) is 0 Å². The minimum Gasteiger partial charge on any atom is -0.355 e. The van der Waals surface area contributed by atoms with Crippen molar-refractivity contribution in [1.82, 2.24) is 16.0 Å². The zero-order chi connectivity index (χ0) is 16.9. The Morgan fingerprint density at radius 3 is 2.22 bits per heavy atom. The van der Waals surface area contributed by atoms with Gasteiger partial charge in [-0.1, -0.05) is 24.6 Å². The summed E-state index contributed by atoms with van der Waals surface area (Å²) < 4.78 is 0. The van der Waals surface area contributed by atoms with E-state index in [0.29, 0.717) is 31.6 Å². The highest BCUT2D eigenvalue weighted by atomic mass is 16.2. The van der Waals surface area contributed by atoms with E-state index < -0.39 is 0 Å². The Bertz CT molecular complexity index is 503. The van der Waals surface area contributed by atoms with Crippen molar-refractivity contribution in [2.75, 3.05) is 19.6 Å². The molecule has 0 aliphatic heterocycles. The van der Waals surface area contributed by atoms with E-state index >= 15 is 0 Å². The molecular formula is C17H25N3O3. The van der Waals surface area contributed by atoms with Gasteiger partial charge in [-0.05, 0) is 25.0 Å². The molecule has 0 atom stereocenters. The van der Waals surface area contributed by atoms with Gasteiger partial charge in [0.25, 0.3) is 5.91 Å². The number of nitrogens with one attached hydrogen (secondary N) is 3. The van der Waals surface area contributed by atoms with Gasteiger partial charge >= 0.3 is 0 Å². The molecule has 0 heterocycles. The number of benzene rings is 1. The van der Waals surface area contributed by atoms with E-state index in [-0.39, 0.29) is 17.7 Å². The van der Waals surface area contributed by atoms with Crippen LogP contribution in [0.3, 0.4) is 0 Å². The molecule has 0 saturated heterocycles. The maximum Gasteiger partial charge on any atom is 0.251 e. The maximum absolute atomic E-state index is 11.8. The number of amides is 3. The van der Waals surface area contributed by atoms with Crippen molar-refractivity contribution in [2.24, 2.45) is 0 Å². The second-order valence-electron chi connectivity index (χ2n) is 5.27. The van der Waals surface area contributed by atoms with Gasteiger partial charge in [-0.25, -0.2) is 0 Å². The van der Waals surface area contributed by atoms with Gasteiger partial charge in [0.15, 0.2) is 0 Å². The van der Waals surface area contributed by atoms with Crippen molar-refractivity contribution in [3.05, 3.63) is 35.9 Å². The average Bonchev–Trinajstić information content (AvgIpc) is 2.55. The monoisotopic (exact) mass is 319 g/mol. The van der Waals surface area contributed by atoms with Gasteiger partial charge in [0, 0.05) is 38.5 Å². The highest BCUT2D eigenvalue weighted by Gasteiger charge is 2.03. The fraction of sp³-hybridized carbons (Fsp3) is 0.471. The first kappa shape index (κ1) is 18.7. The first-order chi connectivity index (χ1) is 11.1. The van der Waals surface area contributed by atoms with Crippen LogP contribution in [0, 0.1) is 0 Å². The Hall–Kier alpha value is -2.37. The van der Waals surface area contributed by atoms with Gasteiger partial charge in [-0.2, -0.15) is 0 Å². The zero-order valence-corrected chi connectivity index (χ0v) is 13.6. The second kappa shape index (κ2) is 11.2. The number of hydrogen-bond acceptors (Lipinski definition) is 3. The number of carbonyl (C=O) groups excluding carboxylic acids is 3. The molecule has 6 heteroatoms. The van der Waals surface area contributed by atoms with Gasteiger partial charge < -0.3 is 16.0 Å². The second-order valence-corrected chi connectivity index (χ2v) is 5.27. The van der Waals surface area contributed by atoms with Gasteiger partial charge in [0.2, 0.25) is 11.8 Å². The first-order valence-electron chi connectivity index (χ1n) is 7.94. The molecule has 0 aliphatic rings. The summed E-state index contributed by atoms with van der Waals surface area (Å²) >= 11 is 0. The van der Waals surface area contributed by atoms with Crippen molar-refractivity contribution >= 4 is 17.7 Å². The summed E-state index contributed by atoms with van der Waals surface area (Å²) in [6.45, 7) is 2.95. The molecule has 3 N–H and O–H groups in total. The first-order valence-corrected chi connectivity index (χ1v) is 7.94. The molecule has 1 rings (SSSR count). The van der Waals surface area contributed by atoms with E-state index in [1.807, 2.05) is 18.2 Å². The lowest BCUT2D eigenvalue weighted by atomic mass is 10.1. The van der Waals surface area contributed by atoms with Crippen LogP contribution in [-0.2, 0) is 9.59 Å². The molecule has 1 aromatic rings. The highest BCUT2D eigenvalue weighted by Crippen LogP contribution is 2.01. The molecule has 0 bridgehead atoms. The predicted octanol–water partition coefficient (Wildman–Crippen LogP) is 1.23. The molecule has 3 amide bonds. The van der Waals surface area contributed by atoms with Crippen LogP contribution in [0.15, 0.2) is 30.3 Å². The molecule has 0 aromatic heterocycles. The van der Waals surface area contributed by atoms with Crippen LogP contribution in [0.4, 0.5) is 0 Å². The zero-order valence-electron chi connectivity index (χ0n) is 13.6. The van der Waals surface area contributed by atoms with Crippen molar-refractivity contribution in [3.8, 4) is 0 Å². The summed E-state index contributed by atoms with van der Waals surface area (Å²) in [5.41, 5.74) is 0.658. The molecule has 1 aromatic carbocycles. The van der Waals surface area contributed by atoms with Gasteiger partial charge in [-0.3, -0.25) is 14.4 Å². The smallest absolute Gasteiger partial charge is 0.251 e. The van der Waals surface area contributed by atoms with Crippen molar-refractivity contribution < 1.29 is 14.4 Å². The Morgan fingerprint density at radius 1 is 0.826 bits per heavy atom. The van der Waals surface area contributed by atoms with Crippen LogP contribution < -0.4 is 16.0 Å². The quantitative estimate of drug-likeness (QED) is 0.567. The Balaban J connectivity index is 1.98. The lowest BCUT2D eigenvalue weighted by Gasteiger charge is -2.06. The third-order valence-corrected chi connectivity index (χ3v) is 3.22. The molecule has 0 unspecified atom stereocenters. The number of rotatable bonds is 10. The standard InChI is InChI=1S/C17H25N3O3/c1-14(21)18-12-13-19-16(22)10-6-3-7-11-20-17(23)15-8-4-2-5-9-15/h2,4-5,8-9H,3,6-7,10-13H2,1H3,(H,18,21)(H,19,22)(H,20,23). The number of hydrogen-bond donors (Lipinski definition) is 3. The molecular weight excluding hydrogens is 294 g/mol. The van der Waals surface area contributed by atoms with Gasteiger partial charge in [0.1, 0.15) is 0 Å². The van der Waals surface area contributed by atoms with E-state index in [1.165, 1.54) is 6.92 Å². The van der Waals surface area contributed by atoms with Crippen LogP contribution in [-0.4, -0.2) is 37.4 Å². The average molecular weight is 319 g/mol. The third-order valence-electron chi connectivity index (χ3n) is 3.22. The fourth-order valence-electron chi connectivity index (χ4n) is 2.01. The normalized spacial score (nSPS) is 9.96. The lowest BCUT2D eigenvalue weighted by Crippen LogP contribution is -2.33. The largest absolute Gasteiger partial charge is 0.355 e. The molecule has 0 spiro atoms. The molecule has 6 nitrogen and oxygen atoms in total. The summed E-state index contributed by atoms with van der Waals surface area (Å²) in [6, 6.07) is 9.10. The summed E-state index contributed by atoms with van der Waals surface area (Å²) in [5, 5.41) is 8.22. The summed E-state index contributed by atoms with van der Waals surface area (Å²) in [6.07, 6.45) is 2.98. The molecule has 0 aliphatic carbocycles. The minimum absolute atomic E-state index is 0.0105. The highest BCUT2D eigenvalue weighted by molar-refractivity contribution is 5.94. The van der Waals surface area contributed by atoms with E-state index in [9.17, 15) is 14.4 Å². The third kappa shape index (κ3) is 9.29. The van der Waals surface area contributed by atoms with Crippen LogP contribution in [0.1, 0.15) is 43.0 Å². The molecule has 126 valence electrons. The molecule has 0 fully saturated rings. The molecule has 23 heavy (non-hydrogen) atoms. The Morgan fingerprint density at radius 2 is 1.52 bits per heavy atom. The van der Waals surface area contributed by atoms with E-state index in [0.717, 1.165) is 19.3 Å². The summed E-state index contributed by atoms with van der Waals surface area (Å²) in [4.78, 5) is 33.9. The lowest BCUT2D eigenvalue weighted by molar-refractivity contribution is -0.122. The molecule has 0 saturated carbocycles. The number of carbonyl (C=O) groups is 3. The number of unbranched alkanes of at least 4 members (excludes halogenated alkanes) is 2. The van der Waals surface area contributed by atoms with Crippen molar-refractivity contribution in [3.63, 3.8) is 0 Å². The van der Waals surface area contributed by atoms with Gasteiger partial charge in [-0.15, -0.1) is 0 Å². The Labute approximate surface area is 137 Å². The maximum atomic E-state index is 11.8. The topological polar surface area (TPSA) is 87.3 Å². The van der Waals surface area contributed by atoms with Crippen LogP contribution >= 0.6 is 0 Å². The van der Waals surface area contributed by atoms with E-state index in [2.05, 4.69) is 16.0 Å². The SMILES string of the molecule is CC(=O)NCCNC(=O)CCCCCNC(=O)c1ccccc1. The van der Waals surface area contributed by atoms with E-state index in [1.54, 1.807) is 12.1 Å².